The number of nitrogens with one attached hydrogen (secondary N) is 1. The fourth-order valence-corrected chi connectivity index (χ4v) is 3.43. The highest BCUT2D eigenvalue weighted by Crippen LogP contribution is 2.24. The van der Waals surface area contributed by atoms with Gasteiger partial charge in [0.1, 0.15) is 0 Å². The van der Waals surface area contributed by atoms with Crippen LogP contribution in [0.1, 0.15) is 18.4 Å². The molecule has 2 saturated heterocycles. The molecule has 1 atom stereocenters. The summed E-state index contributed by atoms with van der Waals surface area (Å²) in [6, 6.07) is 7.89. The van der Waals surface area contributed by atoms with E-state index in [0.29, 0.717) is 25.7 Å². The van der Waals surface area contributed by atoms with Crippen LogP contribution in [0, 0.1) is 0 Å². The maximum atomic E-state index is 12.3. The number of nitrogens with zero attached hydrogens (tertiary/aromatic N) is 2. The number of hydrogen-bond donors (Lipinski definition) is 1. The molecule has 3 rings (SSSR count). The number of rotatable bonds is 4. The largest absolute Gasteiger partial charge is 0.336 e. The summed E-state index contributed by atoms with van der Waals surface area (Å²) in [5, 5.41) is 3.44. The molecule has 2 aliphatic heterocycles. The fourth-order valence-electron chi connectivity index (χ4n) is 3.22. The molecule has 0 saturated carbocycles. The Morgan fingerprint density at radius 3 is 2.86 bits per heavy atom. The van der Waals surface area contributed by atoms with E-state index in [1.54, 1.807) is 0 Å². The van der Waals surface area contributed by atoms with Gasteiger partial charge in [-0.2, -0.15) is 0 Å². The Bertz CT molecular complexity index is 578. The van der Waals surface area contributed by atoms with Crippen molar-refractivity contribution < 1.29 is 9.59 Å². The summed E-state index contributed by atoms with van der Waals surface area (Å²) in [6.45, 7) is 2.23. The number of urea groups is 1. The monoisotopic (exact) mass is 321 g/mol. The van der Waals surface area contributed by atoms with Crippen molar-refractivity contribution in [3.05, 3.63) is 34.9 Å². The summed E-state index contributed by atoms with van der Waals surface area (Å²) < 4.78 is 0. The van der Waals surface area contributed by atoms with Gasteiger partial charge in [-0.05, 0) is 37.4 Å². The van der Waals surface area contributed by atoms with Crippen LogP contribution < -0.4 is 5.32 Å². The van der Waals surface area contributed by atoms with Crippen LogP contribution >= 0.6 is 11.6 Å². The first-order valence-electron chi connectivity index (χ1n) is 7.71. The van der Waals surface area contributed by atoms with Crippen LogP contribution in [0.15, 0.2) is 24.3 Å². The Hall–Kier alpha value is -1.59. The van der Waals surface area contributed by atoms with Crippen molar-refractivity contribution in [1.82, 2.24) is 15.1 Å². The lowest BCUT2D eigenvalue weighted by Crippen LogP contribution is -2.44. The molecule has 0 radical (unpaired) electrons. The molecule has 0 aliphatic carbocycles. The van der Waals surface area contributed by atoms with E-state index in [0.717, 1.165) is 36.4 Å². The molecular formula is C16H20ClN3O2. The second-order valence-corrected chi connectivity index (χ2v) is 6.25. The highest BCUT2D eigenvalue weighted by molar-refractivity contribution is 6.31. The molecule has 2 heterocycles. The highest BCUT2D eigenvalue weighted by atomic mass is 35.5. The third-order valence-electron chi connectivity index (χ3n) is 4.41. The number of hydrogen-bond acceptors (Lipinski definition) is 3. The van der Waals surface area contributed by atoms with E-state index in [9.17, 15) is 9.59 Å². The third-order valence-corrected chi connectivity index (χ3v) is 4.78. The topological polar surface area (TPSA) is 52.7 Å². The third kappa shape index (κ3) is 3.25. The van der Waals surface area contributed by atoms with Crippen molar-refractivity contribution in [2.75, 3.05) is 26.2 Å². The zero-order valence-electron chi connectivity index (χ0n) is 12.4. The molecule has 0 aromatic heterocycles. The number of benzene rings is 1. The first-order valence-corrected chi connectivity index (χ1v) is 8.08. The van der Waals surface area contributed by atoms with Gasteiger partial charge in [-0.3, -0.25) is 14.6 Å². The van der Waals surface area contributed by atoms with Gasteiger partial charge >= 0.3 is 6.03 Å². The van der Waals surface area contributed by atoms with Gasteiger partial charge in [0.2, 0.25) is 5.91 Å². The Morgan fingerprint density at radius 1 is 1.32 bits per heavy atom. The van der Waals surface area contributed by atoms with Gasteiger partial charge in [0.25, 0.3) is 0 Å². The number of carbonyl (C=O) groups is 2. The molecular weight excluding hydrogens is 302 g/mol. The summed E-state index contributed by atoms with van der Waals surface area (Å²) in [7, 11) is 0. The van der Waals surface area contributed by atoms with E-state index in [1.807, 2.05) is 24.3 Å². The zero-order chi connectivity index (χ0) is 15.5. The smallest absolute Gasteiger partial charge is 0.324 e. The number of carbonyl (C=O) groups excluding carboxylic acids is 2. The van der Waals surface area contributed by atoms with Crippen LogP contribution in [-0.4, -0.2) is 54.0 Å². The van der Waals surface area contributed by atoms with E-state index in [1.165, 1.54) is 4.90 Å². The molecule has 1 aromatic carbocycles. The van der Waals surface area contributed by atoms with E-state index >= 15 is 0 Å². The Balaban J connectivity index is 1.62. The van der Waals surface area contributed by atoms with E-state index in [2.05, 4.69) is 10.2 Å². The Morgan fingerprint density at radius 2 is 2.14 bits per heavy atom. The van der Waals surface area contributed by atoms with Gasteiger partial charge in [0.05, 0.1) is 6.54 Å². The van der Waals surface area contributed by atoms with Gasteiger partial charge in [0.15, 0.2) is 0 Å². The minimum absolute atomic E-state index is 0.110. The van der Waals surface area contributed by atoms with Crippen molar-refractivity contribution in [3.8, 4) is 0 Å². The molecule has 0 spiro atoms. The molecule has 3 amide bonds. The normalized spacial score (nSPS) is 22.1. The van der Waals surface area contributed by atoms with Crippen molar-refractivity contribution in [2.24, 2.45) is 0 Å². The number of likely N-dealkylation sites (tertiary alicyclic amines) is 1. The second-order valence-electron chi connectivity index (χ2n) is 5.84. The molecule has 1 N–H and O–H groups in total. The van der Waals surface area contributed by atoms with Gasteiger partial charge in [0, 0.05) is 24.2 Å². The molecule has 5 nitrogen and oxygen atoms in total. The first-order chi connectivity index (χ1) is 10.6. The molecule has 1 aromatic rings. The van der Waals surface area contributed by atoms with Crippen LogP contribution in [0.4, 0.5) is 4.79 Å². The molecule has 118 valence electrons. The predicted molar refractivity (Wildman–Crippen MR) is 84.9 cm³/mol. The summed E-state index contributed by atoms with van der Waals surface area (Å²) in [6.07, 6.45) is 2.98. The van der Waals surface area contributed by atoms with Crippen molar-refractivity contribution in [2.45, 2.75) is 25.3 Å². The number of amides is 3. The van der Waals surface area contributed by atoms with E-state index < -0.39 is 0 Å². The van der Waals surface area contributed by atoms with Gasteiger partial charge in [-0.1, -0.05) is 29.8 Å². The quantitative estimate of drug-likeness (QED) is 0.921. The van der Waals surface area contributed by atoms with E-state index in [4.69, 9.17) is 11.6 Å². The fraction of sp³-hybridized carbons (Fsp3) is 0.500. The SMILES string of the molecule is O=C(CN1CCCC1Cc1ccccc1Cl)N1CCNC1=O. The molecule has 0 bridgehead atoms. The van der Waals surface area contributed by atoms with Crippen LogP contribution in [0.5, 0.6) is 0 Å². The summed E-state index contributed by atoms with van der Waals surface area (Å²) >= 11 is 6.23. The van der Waals surface area contributed by atoms with Crippen molar-refractivity contribution >= 4 is 23.5 Å². The van der Waals surface area contributed by atoms with Crippen molar-refractivity contribution in [3.63, 3.8) is 0 Å². The maximum Gasteiger partial charge on any atom is 0.324 e. The lowest BCUT2D eigenvalue weighted by molar-refractivity contribution is -0.129. The Kier molecular flexibility index (Phi) is 4.64. The van der Waals surface area contributed by atoms with E-state index in [-0.39, 0.29) is 11.9 Å². The van der Waals surface area contributed by atoms with Crippen LogP contribution in [0.25, 0.3) is 0 Å². The van der Waals surface area contributed by atoms with Crippen LogP contribution in [-0.2, 0) is 11.2 Å². The first kappa shape index (κ1) is 15.3. The lowest BCUT2D eigenvalue weighted by atomic mass is 10.0. The van der Waals surface area contributed by atoms with Crippen LogP contribution in [0.3, 0.4) is 0 Å². The van der Waals surface area contributed by atoms with Gasteiger partial charge < -0.3 is 5.32 Å². The molecule has 6 heteroatoms. The summed E-state index contributed by atoms with van der Waals surface area (Å²) in [4.78, 5) is 27.3. The number of halogens is 1. The molecule has 2 aliphatic rings. The van der Waals surface area contributed by atoms with Crippen LogP contribution in [0.2, 0.25) is 5.02 Å². The average molecular weight is 322 g/mol. The minimum atomic E-state index is -0.271. The molecule has 22 heavy (non-hydrogen) atoms. The maximum absolute atomic E-state index is 12.3. The summed E-state index contributed by atoms with van der Waals surface area (Å²) in [5.41, 5.74) is 1.12. The average Bonchev–Trinajstić information content (AvgIpc) is 3.11. The van der Waals surface area contributed by atoms with Crippen molar-refractivity contribution in [1.29, 1.82) is 0 Å². The van der Waals surface area contributed by atoms with Gasteiger partial charge in [-0.25, -0.2) is 4.79 Å². The Labute approximate surface area is 135 Å². The predicted octanol–water partition coefficient (Wildman–Crippen LogP) is 1.90. The molecule has 2 fully saturated rings. The molecule has 1 unspecified atom stereocenters. The van der Waals surface area contributed by atoms with Gasteiger partial charge in [-0.15, -0.1) is 0 Å². The lowest BCUT2D eigenvalue weighted by Gasteiger charge is -2.25. The number of imide groups is 1. The zero-order valence-corrected chi connectivity index (χ0v) is 13.2. The second kappa shape index (κ2) is 6.67. The highest BCUT2D eigenvalue weighted by Gasteiger charge is 2.31. The summed E-state index contributed by atoms with van der Waals surface area (Å²) in [5.74, 6) is -0.110. The minimum Gasteiger partial charge on any atom is -0.336 e. The standard InChI is InChI=1S/C16H20ClN3O2/c17-14-6-2-1-4-12(14)10-13-5-3-8-19(13)11-15(21)20-9-7-18-16(20)22/h1-2,4,6,13H,3,5,7-11H2,(H,18,22).